The summed E-state index contributed by atoms with van der Waals surface area (Å²) in [6, 6.07) is 4.93. The number of phenolic OH excluding ortho intramolecular Hbond substituents is 2. The lowest BCUT2D eigenvalue weighted by atomic mass is 9.31. The predicted octanol–water partition coefficient (Wildman–Crippen LogP) is 8.40. The monoisotopic (exact) mass is 933 g/mol. The summed E-state index contributed by atoms with van der Waals surface area (Å²) in [6.45, 7) is 21.0. The Bertz CT molecular complexity index is 2380. The van der Waals surface area contributed by atoms with Crippen LogP contribution in [0.1, 0.15) is 155 Å². The maximum absolute atomic E-state index is 13.1. The van der Waals surface area contributed by atoms with Crippen LogP contribution in [-0.2, 0) is 28.4 Å². The van der Waals surface area contributed by atoms with E-state index < -0.39 is 44.6 Å². The molecule has 10 nitrogen and oxygen atoms in total. The molecule has 0 radical (unpaired) electrons. The molecule has 5 N–H and O–H groups in total. The highest BCUT2D eigenvalue weighted by molar-refractivity contribution is 5.86. The zero-order chi connectivity index (χ0) is 47.5. The Balaban J connectivity index is 0.957. The van der Waals surface area contributed by atoms with Crippen molar-refractivity contribution in [1.29, 1.82) is 0 Å². The van der Waals surface area contributed by atoms with Crippen molar-refractivity contribution < 1.29 is 39.7 Å². The second-order valence-electron chi connectivity index (χ2n) is 28.2. The highest BCUT2D eigenvalue weighted by Gasteiger charge is 2.84. The molecule has 2 saturated heterocycles. The summed E-state index contributed by atoms with van der Waals surface area (Å²) in [6.07, 6.45) is 13.1. The van der Waals surface area contributed by atoms with Crippen molar-refractivity contribution in [1.82, 2.24) is 9.80 Å². The van der Waals surface area contributed by atoms with Crippen LogP contribution >= 0.6 is 0 Å². The molecule has 10 heteroatoms. The molecule has 0 aromatic heterocycles. The molecule has 4 heterocycles. The number of aliphatic hydroxyl groups is 3. The normalized spacial score (nSPS) is 44.2. The summed E-state index contributed by atoms with van der Waals surface area (Å²) in [4.78, 5) is 5.64. The number of methoxy groups -OCH3 is 1. The van der Waals surface area contributed by atoms with Crippen LogP contribution in [0.25, 0.3) is 11.1 Å². The minimum atomic E-state index is -1.07. The van der Waals surface area contributed by atoms with Gasteiger partial charge in [-0.05, 0) is 169 Å². The van der Waals surface area contributed by atoms with Crippen LogP contribution in [0.2, 0.25) is 0 Å². The van der Waals surface area contributed by atoms with Crippen LogP contribution in [0, 0.1) is 50.7 Å². The molecule has 10 fully saturated rings. The second-order valence-corrected chi connectivity index (χ2v) is 28.2. The second kappa shape index (κ2) is 12.9. The number of phenols is 2. The first-order valence-corrected chi connectivity index (χ1v) is 27.2. The fourth-order valence-corrected chi connectivity index (χ4v) is 19.9. The van der Waals surface area contributed by atoms with E-state index >= 15 is 0 Å². The molecule has 10 aliphatic carbocycles. The third kappa shape index (κ3) is 4.69. The Morgan fingerprint density at radius 1 is 0.632 bits per heavy atom. The van der Waals surface area contributed by atoms with Crippen LogP contribution < -0.4 is 9.47 Å². The average molecular weight is 933 g/mol. The lowest BCUT2D eigenvalue weighted by molar-refractivity contribution is -0.312. The standard InChI is InChI=1S/C58H80N2O8/c1-49(2,3)51(7,64)37-26-54-15-14-53(37,30-61)47-56(54)18-20-59(28-31-10-11-31)39(54)24-33-22-35(43(62)45(67-47)41(33)56)36-23-34-25-40-55-16-17-58(66-9,38(27-55)52(8,65)50(4,5)6)48-57(55,42(34)46(68-48)44(36)63)19-21-60(40)29-32-12-13-32/h22-23,31-32,37-40,47-48,61-65H,10-21,24-30H2,1-9H3/t37-,38-,39-,40-,47+,48-,51?,52?,53?,54-,55-,56+,57+,58?/m1/s1. The number of piperidine rings is 2. The summed E-state index contributed by atoms with van der Waals surface area (Å²) in [5.41, 5.74) is 0.360. The number of fused-ring (bicyclic) bond motifs is 4. The molecule has 0 amide bonds. The molecule has 8 saturated carbocycles. The molecular formula is C58H80N2O8. The lowest BCUT2D eigenvalue weighted by Gasteiger charge is -2.76. The number of rotatable bonds is 9. The van der Waals surface area contributed by atoms with Crippen molar-refractivity contribution in [3.05, 3.63) is 34.4 Å². The maximum Gasteiger partial charge on any atom is 0.166 e. The van der Waals surface area contributed by atoms with E-state index in [9.17, 15) is 25.5 Å². The van der Waals surface area contributed by atoms with E-state index in [4.69, 9.17) is 14.2 Å². The van der Waals surface area contributed by atoms with Crippen molar-refractivity contribution in [3.8, 4) is 34.1 Å². The van der Waals surface area contributed by atoms with Gasteiger partial charge in [0, 0.05) is 87.5 Å². The number of benzene rings is 2. The van der Waals surface area contributed by atoms with Gasteiger partial charge < -0.3 is 39.7 Å². The van der Waals surface area contributed by atoms with E-state index in [1.54, 1.807) is 0 Å². The Hall–Kier alpha value is -2.60. The van der Waals surface area contributed by atoms with Gasteiger partial charge in [0.2, 0.25) is 0 Å². The third-order valence-electron chi connectivity index (χ3n) is 24.4. The largest absolute Gasteiger partial charge is 0.504 e. The Kier molecular flexibility index (Phi) is 8.40. The van der Waals surface area contributed by atoms with Crippen LogP contribution in [0.4, 0.5) is 0 Å². The van der Waals surface area contributed by atoms with Crippen LogP contribution in [0.15, 0.2) is 12.1 Å². The maximum atomic E-state index is 13.1. The fourth-order valence-electron chi connectivity index (χ4n) is 19.9. The Morgan fingerprint density at radius 3 is 1.56 bits per heavy atom. The van der Waals surface area contributed by atoms with Crippen molar-refractivity contribution >= 4 is 0 Å². The predicted molar refractivity (Wildman–Crippen MR) is 259 cm³/mol. The molecule has 8 bridgehead atoms. The van der Waals surface area contributed by atoms with Gasteiger partial charge >= 0.3 is 0 Å². The highest BCUT2D eigenvalue weighted by Crippen LogP contribution is 2.82. The number of ether oxygens (including phenoxy) is 3. The lowest BCUT2D eigenvalue weighted by Crippen LogP contribution is -2.83. The van der Waals surface area contributed by atoms with E-state index in [-0.39, 0.29) is 64.4 Å². The molecule has 16 rings (SSSR count). The molecule has 14 aliphatic rings. The fraction of sp³-hybridized carbons (Fsp3) is 0.793. The first kappa shape index (κ1) is 44.1. The highest BCUT2D eigenvalue weighted by atomic mass is 16.6. The number of hydrogen-bond acceptors (Lipinski definition) is 10. The third-order valence-corrected chi connectivity index (χ3v) is 24.4. The van der Waals surface area contributed by atoms with Gasteiger partial charge in [-0.1, -0.05) is 41.5 Å². The van der Waals surface area contributed by atoms with Crippen LogP contribution in [0.3, 0.4) is 0 Å². The van der Waals surface area contributed by atoms with Gasteiger partial charge in [0.15, 0.2) is 23.0 Å². The van der Waals surface area contributed by atoms with Crippen LogP contribution in [0.5, 0.6) is 23.0 Å². The summed E-state index contributed by atoms with van der Waals surface area (Å²) in [7, 11) is 1.83. The van der Waals surface area contributed by atoms with Crippen molar-refractivity contribution in [2.24, 2.45) is 50.7 Å². The zero-order valence-corrected chi connectivity index (χ0v) is 42.6. The first-order valence-electron chi connectivity index (χ1n) is 27.2. The number of aliphatic hydroxyl groups excluding tert-OH is 1. The van der Waals surface area contributed by atoms with Crippen molar-refractivity contribution in [3.63, 3.8) is 0 Å². The summed E-state index contributed by atoms with van der Waals surface area (Å²) >= 11 is 0. The van der Waals surface area contributed by atoms with Gasteiger partial charge in [0.25, 0.3) is 0 Å². The average Bonchev–Trinajstić information content (AvgIpc) is 4.22. The number of likely N-dealkylation sites (tertiary alicyclic amines) is 2. The summed E-state index contributed by atoms with van der Waals surface area (Å²) in [5.74, 6) is 2.34. The van der Waals surface area contributed by atoms with Gasteiger partial charge in [0.05, 0.1) is 17.8 Å². The molecular weight excluding hydrogens is 853 g/mol. The molecule has 2 aromatic rings. The summed E-state index contributed by atoms with van der Waals surface area (Å²) < 4.78 is 21.9. The van der Waals surface area contributed by atoms with Crippen LogP contribution in [-0.4, -0.2) is 116 Å². The van der Waals surface area contributed by atoms with Gasteiger partial charge in [-0.2, -0.15) is 0 Å². The van der Waals surface area contributed by atoms with E-state index in [1.165, 1.54) is 36.8 Å². The summed E-state index contributed by atoms with van der Waals surface area (Å²) in [5, 5.41) is 63.7. The zero-order valence-electron chi connectivity index (χ0n) is 42.6. The minimum Gasteiger partial charge on any atom is -0.504 e. The number of aromatic hydroxyl groups is 2. The molecule has 4 spiro atoms. The quantitative estimate of drug-likeness (QED) is 0.167. The SMILES string of the molecule is COC12CC[C@@]3(C[C@@H]1C(C)(O)C(C)(C)C)[C@H]1Cc4cc(-c5cc6c7c(c5O)O[C@H]5C8(CO)CC[C@@]9(C[C@@H]8C(C)(O)C(C)(C)C)[C@@H](C6)N(CC6CC6)CC[C@]759)c(O)c5c4[C@@]3(CCN1CC1CC1)[C@H]2O5. The molecule has 2 aromatic carbocycles. The van der Waals surface area contributed by atoms with Crippen molar-refractivity contribution in [2.45, 2.75) is 197 Å². The molecule has 370 valence electrons. The molecule has 4 aliphatic heterocycles. The van der Waals surface area contributed by atoms with E-state index in [0.717, 1.165) is 113 Å². The first-order chi connectivity index (χ1) is 32.0. The van der Waals surface area contributed by atoms with Gasteiger partial charge in [0.1, 0.15) is 17.8 Å². The van der Waals surface area contributed by atoms with Crippen molar-refractivity contribution in [2.75, 3.05) is 39.9 Å². The molecule has 68 heavy (non-hydrogen) atoms. The molecule has 14 atom stereocenters. The Morgan fingerprint density at radius 2 is 1.09 bits per heavy atom. The number of nitrogens with zero attached hydrogens (tertiary/aromatic N) is 2. The number of hydrogen-bond donors (Lipinski definition) is 5. The van der Waals surface area contributed by atoms with E-state index in [2.05, 4.69) is 63.5 Å². The van der Waals surface area contributed by atoms with E-state index in [1.807, 2.05) is 21.0 Å². The molecule has 4 unspecified atom stereocenters. The minimum absolute atomic E-state index is 0.0711. The van der Waals surface area contributed by atoms with Gasteiger partial charge in [-0.25, -0.2) is 0 Å². The topological polar surface area (TPSA) is 135 Å². The Labute approximate surface area is 404 Å². The van der Waals surface area contributed by atoms with Gasteiger partial charge in [-0.15, -0.1) is 0 Å². The van der Waals surface area contributed by atoms with Gasteiger partial charge in [-0.3, -0.25) is 9.80 Å². The van der Waals surface area contributed by atoms with E-state index in [0.29, 0.717) is 22.6 Å². The smallest absolute Gasteiger partial charge is 0.166 e.